The summed E-state index contributed by atoms with van der Waals surface area (Å²) in [6.07, 6.45) is 0.790. The van der Waals surface area contributed by atoms with E-state index in [4.69, 9.17) is 9.26 Å². The molecule has 0 fully saturated rings. The van der Waals surface area contributed by atoms with Gasteiger partial charge in [-0.05, 0) is 17.4 Å². The van der Waals surface area contributed by atoms with E-state index in [0.717, 1.165) is 12.0 Å². The second-order valence-corrected chi connectivity index (χ2v) is 6.94. The highest BCUT2D eigenvalue weighted by Gasteiger charge is 2.18. The van der Waals surface area contributed by atoms with E-state index >= 15 is 0 Å². The second-order valence-electron chi connectivity index (χ2n) is 6.94. The van der Waals surface area contributed by atoms with Crippen LogP contribution in [0.1, 0.15) is 50.2 Å². The number of hydrogen-bond donors (Lipinski definition) is 1. The van der Waals surface area contributed by atoms with Gasteiger partial charge in [-0.15, -0.1) is 0 Å². The van der Waals surface area contributed by atoms with Crippen LogP contribution in [0, 0.1) is 0 Å². The third-order valence-electron chi connectivity index (χ3n) is 3.97. The van der Waals surface area contributed by atoms with Crippen molar-refractivity contribution in [2.45, 2.75) is 45.6 Å². The first-order valence-corrected chi connectivity index (χ1v) is 8.22. The Morgan fingerprint density at radius 3 is 2.50 bits per heavy atom. The molecule has 0 unspecified atom stereocenters. The number of methoxy groups -OCH3 is 1. The van der Waals surface area contributed by atoms with Gasteiger partial charge in [0.15, 0.2) is 11.5 Å². The zero-order valence-corrected chi connectivity index (χ0v) is 15.1. The van der Waals surface area contributed by atoms with Crippen molar-refractivity contribution in [3.63, 3.8) is 0 Å². The Hall–Kier alpha value is -2.14. The van der Waals surface area contributed by atoms with E-state index in [-0.39, 0.29) is 23.1 Å². The van der Waals surface area contributed by atoms with Gasteiger partial charge in [0.1, 0.15) is 0 Å². The first-order chi connectivity index (χ1) is 11.3. The van der Waals surface area contributed by atoms with Crippen molar-refractivity contribution in [2.24, 2.45) is 0 Å². The molecule has 0 aliphatic heterocycles. The number of nitrogens with zero attached hydrogens (tertiary/aromatic N) is 1. The van der Waals surface area contributed by atoms with E-state index in [1.54, 1.807) is 13.2 Å². The average molecular weight is 330 g/mol. The number of benzene rings is 1. The summed E-state index contributed by atoms with van der Waals surface area (Å²) in [6, 6.07) is 9.76. The molecule has 130 valence electrons. The molecule has 2 rings (SSSR count). The summed E-state index contributed by atoms with van der Waals surface area (Å²) in [6.45, 7) is 8.98. The number of nitrogens with one attached hydrogen (secondary N) is 1. The van der Waals surface area contributed by atoms with E-state index in [9.17, 15) is 4.79 Å². The van der Waals surface area contributed by atoms with E-state index in [0.29, 0.717) is 12.4 Å². The molecule has 0 aliphatic carbocycles. The van der Waals surface area contributed by atoms with E-state index in [1.165, 1.54) is 5.56 Å². The van der Waals surface area contributed by atoms with Crippen LogP contribution in [0.5, 0.6) is 0 Å². The standard InChI is InChI=1S/C19H26N2O3/c1-6-15(12-23-5)20-18(22)16-11-17(24-21-16)13-7-9-14(10-8-13)19(2,3)4/h7-11,15H,6,12H2,1-5H3,(H,20,22)/t15-/m0/s1. The van der Waals surface area contributed by atoms with Gasteiger partial charge < -0.3 is 14.6 Å². The van der Waals surface area contributed by atoms with E-state index in [1.807, 2.05) is 19.1 Å². The van der Waals surface area contributed by atoms with Gasteiger partial charge in [0.25, 0.3) is 5.91 Å². The zero-order valence-electron chi connectivity index (χ0n) is 15.1. The molecule has 0 bridgehead atoms. The number of carbonyl (C=O) groups is 1. The van der Waals surface area contributed by atoms with Crippen molar-refractivity contribution in [3.05, 3.63) is 41.6 Å². The van der Waals surface area contributed by atoms with E-state index in [2.05, 4.69) is 43.4 Å². The minimum Gasteiger partial charge on any atom is -0.383 e. The summed E-state index contributed by atoms with van der Waals surface area (Å²) in [5.74, 6) is 0.334. The summed E-state index contributed by atoms with van der Waals surface area (Å²) in [5.41, 5.74) is 2.52. The molecular weight excluding hydrogens is 304 g/mol. The molecule has 1 aromatic heterocycles. The number of carbonyl (C=O) groups excluding carboxylic acids is 1. The Bertz CT molecular complexity index is 669. The van der Waals surface area contributed by atoms with Crippen LogP contribution in [0.15, 0.2) is 34.9 Å². The van der Waals surface area contributed by atoms with Crippen molar-refractivity contribution in [3.8, 4) is 11.3 Å². The second kappa shape index (κ2) is 7.62. The summed E-state index contributed by atoms with van der Waals surface area (Å²) >= 11 is 0. The molecule has 0 aliphatic rings. The van der Waals surface area contributed by atoms with Gasteiger partial charge >= 0.3 is 0 Å². The zero-order chi connectivity index (χ0) is 17.7. The fourth-order valence-corrected chi connectivity index (χ4v) is 2.37. The van der Waals surface area contributed by atoms with Gasteiger partial charge in [0, 0.05) is 18.7 Å². The maximum atomic E-state index is 12.2. The van der Waals surface area contributed by atoms with Crippen molar-refractivity contribution in [2.75, 3.05) is 13.7 Å². The summed E-state index contributed by atoms with van der Waals surface area (Å²) in [4.78, 5) is 12.2. The van der Waals surface area contributed by atoms with Crippen molar-refractivity contribution in [1.82, 2.24) is 10.5 Å². The lowest BCUT2D eigenvalue weighted by Gasteiger charge is -2.18. The summed E-state index contributed by atoms with van der Waals surface area (Å²) < 4.78 is 10.4. The SMILES string of the molecule is CC[C@@H](COC)NC(=O)c1cc(-c2ccc(C(C)(C)C)cc2)on1. The topological polar surface area (TPSA) is 64.4 Å². The maximum absolute atomic E-state index is 12.2. The first-order valence-electron chi connectivity index (χ1n) is 8.22. The van der Waals surface area contributed by atoms with Crippen LogP contribution in [-0.2, 0) is 10.2 Å². The molecule has 0 saturated carbocycles. The van der Waals surface area contributed by atoms with Crippen LogP contribution in [0.3, 0.4) is 0 Å². The highest BCUT2D eigenvalue weighted by atomic mass is 16.5. The van der Waals surface area contributed by atoms with Gasteiger partial charge in [-0.3, -0.25) is 4.79 Å². The fraction of sp³-hybridized carbons (Fsp3) is 0.474. The van der Waals surface area contributed by atoms with Crippen molar-refractivity contribution < 1.29 is 14.1 Å². The lowest BCUT2D eigenvalue weighted by atomic mass is 9.86. The predicted octanol–water partition coefficient (Wildman–Crippen LogP) is 3.79. The Kier molecular flexibility index (Phi) is 5.78. The lowest BCUT2D eigenvalue weighted by molar-refractivity contribution is 0.0885. The van der Waals surface area contributed by atoms with Crippen molar-refractivity contribution >= 4 is 5.91 Å². The number of amides is 1. The molecule has 1 heterocycles. The third kappa shape index (κ3) is 4.45. The third-order valence-corrected chi connectivity index (χ3v) is 3.97. The fourth-order valence-electron chi connectivity index (χ4n) is 2.37. The molecule has 24 heavy (non-hydrogen) atoms. The minimum absolute atomic E-state index is 0.0336. The smallest absolute Gasteiger partial charge is 0.273 e. The normalized spacial score (nSPS) is 12.9. The number of aromatic nitrogens is 1. The molecule has 0 saturated heterocycles. The quantitative estimate of drug-likeness (QED) is 0.875. The van der Waals surface area contributed by atoms with Crippen LogP contribution in [0.25, 0.3) is 11.3 Å². The average Bonchev–Trinajstić information content (AvgIpc) is 3.03. The van der Waals surface area contributed by atoms with Crippen LogP contribution >= 0.6 is 0 Å². The first kappa shape index (κ1) is 18.2. The van der Waals surface area contributed by atoms with Gasteiger partial charge in [0.05, 0.1) is 12.6 Å². The Labute approximate surface area is 143 Å². The summed E-state index contributed by atoms with van der Waals surface area (Å²) in [7, 11) is 1.62. The van der Waals surface area contributed by atoms with Crippen LogP contribution < -0.4 is 5.32 Å². The Balaban J connectivity index is 2.11. The summed E-state index contributed by atoms with van der Waals surface area (Å²) in [5, 5.41) is 6.77. The Morgan fingerprint density at radius 2 is 1.96 bits per heavy atom. The molecule has 1 atom stereocenters. The molecule has 5 nitrogen and oxygen atoms in total. The highest BCUT2D eigenvalue weighted by Crippen LogP contribution is 2.26. The highest BCUT2D eigenvalue weighted by molar-refractivity contribution is 5.93. The van der Waals surface area contributed by atoms with Gasteiger partial charge in [0.2, 0.25) is 0 Å². The molecule has 1 amide bonds. The molecule has 1 N–H and O–H groups in total. The van der Waals surface area contributed by atoms with Gasteiger partial charge in [-0.2, -0.15) is 0 Å². The minimum atomic E-state index is -0.250. The predicted molar refractivity (Wildman–Crippen MR) is 94.1 cm³/mol. The number of ether oxygens (including phenoxy) is 1. The molecule has 0 radical (unpaired) electrons. The molecule has 5 heteroatoms. The van der Waals surface area contributed by atoms with Gasteiger partial charge in [-0.25, -0.2) is 0 Å². The van der Waals surface area contributed by atoms with Crippen LogP contribution in [-0.4, -0.2) is 30.8 Å². The molecule has 1 aromatic carbocycles. The lowest BCUT2D eigenvalue weighted by Crippen LogP contribution is -2.37. The van der Waals surface area contributed by atoms with Crippen LogP contribution in [0.4, 0.5) is 0 Å². The Morgan fingerprint density at radius 1 is 1.29 bits per heavy atom. The monoisotopic (exact) mass is 330 g/mol. The molecule has 0 spiro atoms. The maximum Gasteiger partial charge on any atom is 0.273 e. The molecular formula is C19H26N2O3. The molecule has 2 aromatic rings. The largest absolute Gasteiger partial charge is 0.383 e. The van der Waals surface area contributed by atoms with Gasteiger partial charge in [-0.1, -0.05) is 57.1 Å². The van der Waals surface area contributed by atoms with E-state index < -0.39 is 0 Å². The van der Waals surface area contributed by atoms with Crippen LogP contribution in [0.2, 0.25) is 0 Å². The number of hydrogen-bond acceptors (Lipinski definition) is 4. The van der Waals surface area contributed by atoms with Crippen molar-refractivity contribution in [1.29, 1.82) is 0 Å². The number of rotatable bonds is 6.